The molecule has 3 atom stereocenters. The van der Waals surface area contributed by atoms with E-state index in [-0.39, 0.29) is 10.8 Å². The second kappa shape index (κ2) is 15.1. The third-order valence-corrected chi connectivity index (χ3v) is 15.9. The van der Waals surface area contributed by atoms with Gasteiger partial charge in [0.2, 0.25) is 0 Å². The molecule has 13 rings (SSSR count). The van der Waals surface area contributed by atoms with Gasteiger partial charge in [-0.1, -0.05) is 172 Å². The highest BCUT2D eigenvalue weighted by Gasteiger charge is 2.62. The lowest BCUT2D eigenvalue weighted by atomic mass is 9.68. The van der Waals surface area contributed by atoms with Gasteiger partial charge in [0.1, 0.15) is 0 Å². The minimum absolute atomic E-state index is 0.140. The van der Waals surface area contributed by atoms with Crippen LogP contribution in [0, 0.1) is 11.8 Å². The van der Waals surface area contributed by atoms with Crippen molar-refractivity contribution in [3.05, 3.63) is 252 Å². The normalized spacial score (nSPS) is 19.0. The molecule has 0 N–H and O–H groups in total. The first-order chi connectivity index (χ1) is 32.5. The highest BCUT2D eigenvalue weighted by atomic mass is 15.2. The highest BCUT2D eigenvalue weighted by molar-refractivity contribution is 5.95. The van der Waals surface area contributed by atoms with Gasteiger partial charge < -0.3 is 9.80 Å². The van der Waals surface area contributed by atoms with Crippen LogP contribution in [0.2, 0.25) is 0 Å². The zero-order chi connectivity index (χ0) is 44.0. The maximum Gasteiger partial charge on any atom is 0.0505 e. The Labute approximate surface area is 389 Å². The molecule has 2 nitrogen and oxygen atoms in total. The first kappa shape index (κ1) is 39.0. The van der Waals surface area contributed by atoms with Gasteiger partial charge in [-0.3, -0.25) is 0 Å². The molecule has 66 heavy (non-hydrogen) atoms. The topological polar surface area (TPSA) is 6.48 Å². The van der Waals surface area contributed by atoms with Gasteiger partial charge in [-0.15, -0.1) is 0 Å². The lowest BCUT2D eigenvalue weighted by Crippen LogP contribution is -2.34. The predicted molar refractivity (Wildman–Crippen MR) is 275 cm³/mol. The van der Waals surface area contributed by atoms with Crippen molar-refractivity contribution in [2.75, 3.05) is 9.80 Å². The fraction of sp³-hybridized carbons (Fsp3) is 0.156. The van der Waals surface area contributed by atoms with Crippen molar-refractivity contribution in [3.63, 3.8) is 0 Å². The molecule has 1 spiro atoms. The lowest BCUT2D eigenvalue weighted by molar-refractivity contribution is 0.350. The van der Waals surface area contributed by atoms with E-state index in [0.717, 1.165) is 12.8 Å². The molecule has 4 aliphatic carbocycles. The van der Waals surface area contributed by atoms with Gasteiger partial charge in [-0.2, -0.15) is 0 Å². The summed E-state index contributed by atoms with van der Waals surface area (Å²) in [5.74, 6) is 1.03. The molecule has 0 saturated heterocycles. The predicted octanol–water partition coefficient (Wildman–Crippen LogP) is 16.7. The Morgan fingerprint density at radius 1 is 0.379 bits per heavy atom. The Bertz CT molecular complexity index is 3270. The van der Waals surface area contributed by atoms with Gasteiger partial charge in [0.15, 0.2) is 0 Å². The van der Waals surface area contributed by atoms with Crippen LogP contribution >= 0.6 is 0 Å². The maximum absolute atomic E-state index is 2.61. The zero-order valence-corrected chi connectivity index (χ0v) is 37.7. The van der Waals surface area contributed by atoms with E-state index in [4.69, 9.17) is 0 Å². The van der Waals surface area contributed by atoms with E-state index >= 15 is 0 Å². The van der Waals surface area contributed by atoms with Crippen LogP contribution in [0.15, 0.2) is 218 Å². The molecule has 3 unspecified atom stereocenters. The molecule has 1 saturated carbocycles. The fourth-order valence-electron chi connectivity index (χ4n) is 13.2. The quantitative estimate of drug-likeness (QED) is 0.150. The number of hydrogen-bond acceptors (Lipinski definition) is 2. The van der Waals surface area contributed by atoms with Crippen LogP contribution < -0.4 is 9.80 Å². The van der Waals surface area contributed by atoms with E-state index < -0.39 is 0 Å². The van der Waals surface area contributed by atoms with E-state index in [2.05, 4.69) is 242 Å². The number of hydrogen-bond donors (Lipinski definition) is 0. The Morgan fingerprint density at radius 2 is 0.848 bits per heavy atom. The number of anilines is 6. The molecule has 4 aliphatic rings. The average Bonchev–Trinajstić information content (AvgIpc) is 4.07. The summed E-state index contributed by atoms with van der Waals surface area (Å²) in [5.41, 5.74) is 23.7. The van der Waals surface area contributed by atoms with Crippen molar-refractivity contribution in [2.45, 2.75) is 50.4 Å². The smallest absolute Gasteiger partial charge is 0.0505 e. The molecule has 9 aromatic rings. The largest absolute Gasteiger partial charge is 0.310 e. The van der Waals surface area contributed by atoms with Gasteiger partial charge in [-0.25, -0.2) is 0 Å². The van der Waals surface area contributed by atoms with Crippen molar-refractivity contribution in [2.24, 2.45) is 11.8 Å². The molecule has 2 heteroatoms. The van der Waals surface area contributed by atoms with Crippen LogP contribution in [-0.2, 0) is 23.7 Å². The second-order valence-electron chi connectivity index (χ2n) is 19.6. The van der Waals surface area contributed by atoms with Crippen molar-refractivity contribution < 1.29 is 0 Å². The van der Waals surface area contributed by atoms with Crippen LogP contribution in [0.4, 0.5) is 34.1 Å². The summed E-state index contributed by atoms with van der Waals surface area (Å²) in [6, 6.07) is 81.8. The minimum atomic E-state index is -0.174. The van der Waals surface area contributed by atoms with E-state index in [1.807, 2.05) is 0 Å². The molecule has 0 aromatic heterocycles. The number of benzene rings is 9. The van der Waals surface area contributed by atoms with Gasteiger partial charge in [-0.05, 0) is 165 Å². The molecule has 9 aromatic carbocycles. The van der Waals surface area contributed by atoms with Crippen LogP contribution in [0.5, 0.6) is 0 Å². The first-order valence-corrected chi connectivity index (χ1v) is 23.9. The van der Waals surface area contributed by atoms with E-state index in [1.165, 1.54) is 114 Å². The van der Waals surface area contributed by atoms with Crippen molar-refractivity contribution in [1.82, 2.24) is 0 Å². The summed E-state index contributed by atoms with van der Waals surface area (Å²) >= 11 is 0. The Morgan fingerprint density at radius 3 is 1.42 bits per heavy atom. The van der Waals surface area contributed by atoms with Crippen LogP contribution in [0.25, 0.3) is 33.4 Å². The third kappa shape index (κ3) is 5.73. The van der Waals surface area contributed by atoms with Gasteiger partial charge in [0.05, 0.1) is 11.4 Å². The molecule has 0 bridgehead atoms. The lowest BCUT2D eigenvalue weighted by Gasteiger charge is -2.40. The van der Waals surface area contributed by atoms with Gasteiger partial charge in [0, 0.05) is 33.6 Å². The summed E-state index contributed by atoms with van der Waals surface area (Å²) in [6.45, 7) is 4.83. The molecular weight excluding hydrogens is 797 g/mol. The summed E-state index contributed by atoms with van der Waals surface area (Å²) in [4.78, 5) is 5.17. The third-order valence-electron chi connectivity index (χ3n) is 15.9. The summed E-state index contributed by atoms with van der Waals surface area (Å²) in [5, 5.41) is 0. The van der Waals surface area contributed by atoms with E-state index in [9.17, 15) is 0 Å². The fourth-order valence-corrected chi connectivity index (χ4v) is 13.2. The maximum atomic E-state index is 2.61. The average molecular weight is 849 g/mol. The van der Waals surface area contributed by atoms with E-state index in [1.54, 1.807) is 0 Å². The monoisotopic (exact) mass is 848 g/mol. The molecule has 1 fully saturated rings. The number of rotatable bonds is 8. The van der Waals surface area contributed by atoms with E-state index in [0.29, 0.717) is 11.8 Å². The molecule has 0 heterocycles. The van der Waals surface area contributed by atoms with Gasteiger partial charge in [0.25, 0.3) is 0 Å². The summed E-state index contributed by atoms with van der Waals surface area (Å²) < 4.78 is 0. The second-order valence-corrected chi connectivity index (χ2v) is 19.6. The molecule has 0 amide bonds. The molecule has 0 aliphatic heterocycles. The summed E-state index contributed by atoms with van der Waals surface area (Å²) in [7, 11) is 0. The Kier molecular flexibility index (Phi) is 8.90. The molecular formula is C64H52N2. The highest BCUT2D eigenvalue weighted by Crippen LogP contribution is 2.69. The van der Waals surface area contributed by atoms with Crippen LogP contribution in [0.3, 0.4) is 0 Å². The van der Waals surface area contributed by atoms with Gasteiger partial charge >= 0.3 is 0 Å². The minimum Gasteiger partial charge on any atom is -0.310 e. The molecule has 0 radical (unpaired) electrons. The SMILES string of the molecule is CC1(C)c2cc(N(c3ccccc3)c3cccc4c3C35c6c(cccc6N(c6ccccc6)c6ccc(-c7ccccc7)cc6)CC3CCC5C4)ccc2-c2c(-c3ccccc3)cccc21. The standard InChI is InChI=1S/C64H52N2/c1-63(2)56-29-17-28-54(45-20-9-4-10-21-45)60(56)55-39-38-53(42-57(55)63)66(51-26-13-6-14-27-51)59-31-16-23-47-41-49-35-34-48-40-46-22-15-30-58(61(46)64(48,49)62(47)59)65(50-24-11-5-12-25-50)52-36-32-44(33-37-52)43-18-7-3-8-19-43/h3-33,36-39,42,48-49H,34-35,40-41H2,1-2H3. The first-order valence-electron chi connectivity index (χ1n) is 23.9. The van der Waals surface area contributed by atoms with Crippen molar-refractivity contribution in [3.8, 4) is 33.4 Å². The van der Waals surface area contributed by atoms with Crippen LogP contribution in [-0.4, -0.2) is 0 Å². The summed E-state index contributed by atoms with van der Waals surface area (Å²) in [6.07, 6.45) is 4.68. The van der Waals surface area contributed by atoms with Crippen molar-refractivity contribution >= 4 is 34.1 Å². The Balaban J connectivity index is 1.01. The number of para-hydroxylation sites is 2. The number of fused-ring (bicyclic) bond motifs is 5. The van der Waals surface area contributed by atoms with Crippen molar-refractivity contribution in [1.29, 1.82) is 0 Å². The molecule has 318 valence electrons. The number of nitrogens with zero attached hydrogens (tertiary/aromatic N) is 2. The zero-order valence-electron chi connectivity index (χ0n) is 37.7. The van der Waals surface area contributed by atoms with Crippen LogP contribution in [0.1, 0.15) is 60.1 Å². The Hall–Kier alpha value is -7.42.